The van der Waals surface area contributed by atoms with Gasteiger partial charge in [-0.25, -0.2) is 9.45 Å². The summed E-state index contributed by atoms with van der Waals surface area (Å²) in [7, 11) is 0. The lowest BCUT2D eigenvalue weighted by Crippen LogP contribution is -2.32. The molecule has 17 heavy (non-hydrogen) atoms. The zero-order valence-corrected chi connectivity index (χ0v) is 9.01. The third kappa shape index (κ3) is 3.15. The normalized spacial score (nSPS) is 19.4. The molecular formula is C11H12FNO4. The topological polar surface area (TPSA) is 59.0 Å². The number of amides is 1. The molecule has 5 nitrogen and oxygen atoms in total. The number of hydrogen-bond donors (Lipinski definition) is 1. The molecule has 0 aliphatic carbocycles. The average Bonchev–Trinajstić information content (AvgIpc) is 2.75. The van der Waals surface area contributed by atoms with Crippen molar-refractivity contribution in [1.82, 2.24) is 5.06 Å². The summed E-state index contributed by atoms with van der Waals surface area (Å²) in [6.45, 7) is 0.0479. The molecular weight excluding hydrogens is 229 g/mol. The second-order valence-corrected chi connectivity index (χ2v) is 3.65. The van der Waals surface area contributed by atoms with Crippen LogP contribution in [0.15, 0.2) is 24.3 Å². The van der Waals surface area contributed by atoms with Crippen molar-refractivity contribution in [2.45, 2.75) is 6.10 Å². The number of aliphatic hydroxyl groups excluding tert-OH is 1. The molecule has 92 valence electrons. The molecule has 0 radical (unpaired) electrons. The maximum atomic E-state index is 12.6. The summed E-state index contributed by atoms with van der Waals surface area (Å²) in [5.74, 6) is -0.347. The van der Waals surface area contributed by atoms with Crippen LogP contribution in [-0.2, 0) is 9.63 Å². The molecule has 1 aromatic rings. The number of halogens is 1. The van der Waals surface area contributed by atoms with Crippen LogP contribution in [0, 0.1) is 5.82 Å². The summed E-state index contributed by atoms with van der Waals surface area (Å²) in [6, 6.07) is 5.36. The minimum Gasteiger partial charge on any atom is -0.484 e. The standard InChI is InChI=1S/C11H12FNO4/c12-8-1-3-10(4-2-8)16-7-11(15)13-5-9(14)6-17-13/h1-4,9,14H,5-7H2. The zero-order chi connectivity index (χ0) is 12.3. The van der Waals surface area contributed by atoms with Gasteiger partial charge in [-0.15, -0.1) is 0 Å². The molecule has 0 aromatic heterocycles. The highest BCUT2D eigenvalue weighted by Crippen LogP contribution is 2.12. The number of rotatable bonds is 3. The Labute approximate surface area is 97.3 Å². The van der Waals surface area contributed by atoms with Gasteiger partial charge in [0.05, 0.1) is 6.54 Å². The summed E-state index contributed by atoms with van der Waals surface area (Å²) in [5.41, 5.74) is 0. The summed E-state index contributed by atoms with van der Waals surface area (Å²) in [6.07, 6.45) is -0.648. The van der Waals surface area contributed by atoms with Crippen LogP contribution in [0.3, 0.4) is 0 Å². The van der Waals surface area contributed by atoms with Gasteiger partial charge >= 0.3 is 0 Å². The lowest BCUT2D eigenvalue weighted by molar-refractivity contribution is -0.170. The number of carbonyl (C=O) groups is 1. The van der Waals surface area contributed by atoms with E-state index in [2.05, 4.69) is 0 Å². The molecule has 0 bridgehead atoms. The Balaban J connectivity index is 1.82. The second kappa shape index (κ2) is 5.11. The van der Waals surface area contributed by atoms with Crippen molar-refractivity contribution < 1.29 is 23.9 Å². The fourth-order valence-corrected chi connectivity index (χ4v) is 1.39. The SMILES string of the molecule is O=C(COc1ccc(F)cc1)N1CC(O)CO1. The van der Waals surface area contributed by atoms with E-state index in [9.17, 15) is 9.18 Å². The van der Waals surface area contributed by atoms with E-state index in [4.69, 9.17) is 14.7 Å². The van der Waals surface area contributed by atoms with Crippen molar-refractivity contribution in [3.63, 3.8) is 0 Å². The Morgan fingerprint density at radius 1 is 1.53 bits per heavy atom. The molecule has 0 saturated carbocycles. The predicted molar refractivity (Wildman–Crippen MR) is 55.6 cm³/mol. The molecule has 1 aliphatic rings. The molecule has 1 aliphatic heterocycles. The number of hydrogen-bond acceptors (Lipinski definition) is 4. The van der Waals surface area contributed by atoms with Gasteiger partial charge in [0.25, 0.3) is 5.91 Å². The van der Waals surface area contributed by atoms with E-state index in [-0.39, 0.29) is 31.5 Å². The first-order valence-corrected chi connectivity index (χ1v) is 5.15. The van der Waals surface area contributed by atoms with Crippen LogP contribution in [-0.4, -0.2) is 41.9 Å². The van der Waals surface area contributed by atoms with Crippen molar-refractivity contribution in [3.05, 3.63) is 30.1 Å². The van der Waals surface area contributed by atoms with E-state index in [0.717, 1.165) is 5.06 Å². The van der Waals surface area contributed by atoms with Crippen LogP contribution in [0.25, 0.3) is 0 Å². The smallest absolute Gasteiger partial charge is 0.284 e. The van der Waals surface area contributed by atoms with Crippen LogP contribution in [0.5, 0.6) is 5.75 Å². The summed E-state index contributed by atoms with van der Waals surface area (Å²) >= 11 is 0. The largest absolute Gasteiger partial charge is 0.484 e. The summed E-state index contributed by atoms with van der Waals surface area (Å²) in [5, 5.41) is 10.2. The molecule has 1 heterocycles. The molecule has 1 aromatic carbocycles. The third-order valence-electron chi connectivity index (χ3n) is 2.25. The molecule has 6 heteroatoms. The number of nitrogens with zero attached hydrogens (tertiary/aromatic N) is 1. The van der Waals surface area contributed by atoms with Crippen LogP contribution in [0.2, 0.25) is 0 Å². The zero-order valence-electron chi connectivity index (χ0n) is 9.01. The van der Waals surface area contributed by atoms with Gasteiger partial charge in [0, 0.05) is 0 Å². The fourth-order valence-electron chi connectivity index (χ4n) is 1.39. The Hall–Kier alpha value is -1.66. The minimum absolute atomic E-state index is 0.113. The number of benzene rings is 1. The molecule has 2 rings (SSSR count). The van der Waals surface area contributed by atoms with Gasteiger partial charge in [-0.3, -0.25) is 9.63 Å². The van der Waals surface area contributed by atoms with Gasteiger partial charge in [0.15, 0.2) is 6.61 Å². The van der Waals surface area contributed by atoms with Crippen LogP contribution in [0.1, 0.15) is 0 Å². The van der Waals surface area contributed by atoms with Crippen LogP contribution >= 0.6 is 0 Å². The van der Waals surface area contributed by atoms with E-state index in [1.807, 2.05) is 0 Å². The molecule has 1 fully saturated rings. The molecule has 1 amide bonds. The first-order valence-electron chi connectivity index (χ1n) is 5.15. The number of aliphatic hydroxyl groups is 1. The Morgan fingerprint density at radius 2 is 2.24 bits per heavy atom. The van der Waals surface area contributed by atoms with E-state index >= 15 is 0 Å². The molecule has 1 atom stereocenters. The van der Waals surface area contributed by atoms with E-state index in [1.165, 1.54) is 24.3 Å². The van der Waals surface area contributed by atoms with Gasteiger partial charge in [-0.2, -0.15) is 0 Å². The summed E-state index contributed by atoms with van der Waals surface area (Å²) in [4.78, 5) is 16.5. The number of carbonyl (C=O) groups excluding carboxylic acids is 1. The highest BCUT2D eigenvalue weighted by Gasteiger charge is 2.26. The highest BCUT2D eigenvalue weighted by molar-refractivity contribution is 5.76. The number of hydroxylamine groups is 2. The van der Waals surface area contributed by atoms with Crippen LogP contribution in [0.4, 0.5) is 4.39 Å². The van der Waals surface area contributed by atoms with E-state index < -0.39 is 6.10 Å². The minimum atomic E-state index is -0.648. The first kappa shape index (κ1) is 11.8. The number of β-amino-alcohol motifs (C(OH)–C–C–N with tert-alkyl or cyclic N) is 1. The molecule has 0 spiro atoms. The van der Waals surface area contributed by atoms with E-state index in [0.29, 0.717) is 5.75 Å². The van der Waals surface area contributed by atoms with Gasteiger partial charge in [-0.05, 0) is 24.3 Å². The van der Waals surface area contributed by atoms with Crippen molar-refractivity contribution in [3.8, 4) is 5.75 Å². The Bertz CT molecular complexity index is 395. The van der Waals surface area contributed by atoms with Gasteiger partial charge < -0.3 is 9.84 Å². The van der Waals surface area contributed by atoms with Crippen molar-refractivity contribution in [2.24, 2.45) is 0 Å². The molecule has 1 unspecified atom stereocenters. The monoisotopic (exact) mass is 241 g/mol. The second-order valence-electron chi connectivity index (χ2n) is 3.65. The maximum absolute atomic E-state index is 12.6. The predicted octanol–water partition coefficient (Wildman–Crippen LogP) is 0.339. The van der Waals surface area contributed by atoms with Gasteiger partial charge in [-0.1, -0.05) is 0 Å². The van der Waals surface area contributed by atoms with E-state index in [1.54, 1.807) is 0 Å². The van der Waals surface area contributed by atoms with Crippen LogP contribution < -0.4 is 4.74 Å². The Kier molecular flexibility index (Phi) is 3.55. The maximum Gasteiger partial charge on any atom is 0.284 e. The van der Waals surface area contributed by atoms with Gasteiger partial charge in [0.2, 0.25) is 0 Å². The molecule has 1 N–H and O–H groups in total. The van der Waals surface area contributed by atoms with Crippen molar-refractivity contribution in [2.75, 3.05) is 19.8 Å². The Morgan fingerprint density at radius 3 is 2.82 bits per heavy atom. The lowest BCUT2D eigenvalue weighted by atomic mass is 10.3. The van der Waals surface area contributed by atoms with Crippen molar-refractivity contribution >= 4 is 5.91 Å². The van der Waals surface area contributed by atoms with Crippen molar-refractivity contribution in [1.29, 1.82) is 0 Å². The summed E-state index contributed by atoms with van der Waals surface area (Å²) < 4.78 is 17.7. The van der Waals surface area contributed by atoms with Gasteiger partial charge in [0.1, 0.15) is 24.3 Å². The highest BCUT2D eigenvalue weighted by atomic mass is 19.1. The average molecular weight is 241 g/mol. The lowest BCUT2D eigenvalue weighted by Gasteiger charge is -2.14. The third-order valence-corrected chi connectivity index (χ3v) is 2.25. The first-order chi connectivity index (χ1) is 8.15. The fraction of sp³-hybridized carbons (Fsp3) is 0.364. The quantitative estimate of drug-likeness (QED) is 0.829. The molecule has 1 saturated heterocycles. The number of ether oxygens (including phenoxy) is 1.